The van der Waals surface area contributed by atoms with Crippen molar-refractivity contribution < 1.29 is 9.31 Å². The molecule has 0 unspecified atom stereocenters. The summed E-state index contributed by atoms with van der Waals surface area (Å²) in [7, 11) is 0. The molecule has 0 atom stereocenters. The van der Waals surface area contributed by atoms with Crippen molar-refractivity contribution in [3.63, 3.8) is 0 Å². The third kappa shape index (κ3) is 1.57. The zero-order valence-electron chi connectivity index (χ0n) is 6.28. The van der Waals surface area contributed by atoms with Gasteiger partial charge >= 0.3 is 5.94 Å². The summed E-state index contributed by atoms with van der Waals surface area (Å²) >= 11 is 26.5. The molecule has 1 aliphatic heterocycles. The van der Waals surface area contributed by atoms with E-state index in [0.29, 0.717) is 11.5 Å². The van der Waals surface area contributed by atoms with E-state index >= 15 is 0 Å². The first-order chi connectivity index (χ1) is 6.52. The van der Waals surface area contributed by atoms with Crippen LogP contribution in [0.4, 0.5) is 0 Å². The summed E-state index contributed by atoms with van der Waals surface area (Å²) in [5, 5.41) is 0.695. The van der Waals surface area contributed by atoms with Gasteiger partial charge < -0.3 is 9.31 Å². The molecule has 0 bridgehead atoms. The van der Waals surface area contributed by atoms with E-state index in [-0.39, 0.29) is 20.1 Å². The molecule has 0 radical (unpaired) electrons. The molecule has 2 nitrogen and oxygen atoms in total. The molecule has 0 aliphatic carbocycles. The van der Waals surface area contributed by atoms with Crippen LogP contribution in [-0.4, -0.2) is 5.94 Å². The SMILES string of the molecule is Clc1c(Cl)c(Cl)c2c(c1Cl)OB(Br)O2. The first kappa shape index (κ1) is 11.0. The Hall–Kier alpha value is 0.525. The van der Waals surface area contributed by atoms with E-state index in [4.69, 9.17) is 55.7 Å². The third-order valence-electron chi connectivity index (χ3n) is 1.60. The van der Waals surface area contributed by atoms with Crippen LogP contribution >= 0.6 is 62.2 Å². The predicted molar refractivity (Wildman–Crippen MR) is 62.4 cm³/mol. The average molecular weight is 337 g/mol. The minimum atomic E-state index is -0.623. The highest BCUT2D eigenvalue weighted by molar-refractivity contribution is 9.24. The maximum atomic E-state index is 5.88. The molecule has 74 valence electrons. The maximum Gasteiger partial charge on any atom is 0.678 e. The Balaban J connectivity index is 2.70. The summed E-state index contributed by atoms with van der Waals surface area (Å²) in [4.78, 5) is 0. The fourth-order valence-corrected chi connectivity index (χ4v) is 2.29. The Morgan fingerprint density at radius 1 is 0.786 bits per heavy atom. The number of halogens is 5. The van der Waals surface area contributed by atoms with Crippen molar-refractivity contribution in [2.24, 2.45) is 0 Å². The van der Waals surface area contributed by atoms with Crippen molar-refractivity contribution in [1.29, 1.82) is 0 Å². The van der Waals surface area contributed by atoms with Crippen molar-refractivity contribution in [2.75, 3.05) is 0 Å². The quantitative estimate of drug-likeness (QED) is 0.396. The highest BCUT2D eigenvalue weighted by atomic mass is 79.9. The molecule has 1 heterocycles. The normalized spacial score (nSPS) is 13.6. The number of hydrogen-bond acceptors (Lipinski definition) is 2. The van der Waals surface area contributed by atoms with Crippen LogP contribution in [0.5, 0.6) is 11.5 Å². The van der Waals surface area contributed by atoms with Gasteiger partial charge in [-0.2, -0.15) is 0 Å². The first-order valence-electron chi connectivity index (χ1n) is 3.35. The van der Waals surface area contributed by atoms with E-state index in [1.807, 2.05) is 0 Å². The molecule has 0 spiro atoms. The topological polar surface area (TPSA) is 18.5 Å². The van der Waals surface area contributed by atoms with Gasteiger partial charge in [0.15, 0.2) is 11.5 Å². The second kappa shape index (κ2) is 3.83. The van der Waals surface area contributed by atoms with Gasteiger partial charge in [0.05, 0.1) is 10.0 Å². The van der Waals surface area contributed by atoms with Crippen LogP contribution in [-0.2, 0) is 0 Å². The molecule has 0 N–H and O–H groups in total. The molecule has 0 saturated heterocycles. The number of benzene rings is 1. The Bertz CT molecular complexity index is 377. The van der Waals surface area contributed by atoms with Gasteiger partial charge in [-0.1, -0.05) is 46.4 Å². The Morgan fingerprint density at radius 3 is 1.50 bits per heavy atom. The lowest BCUT2D eigenvalue weighted by atomic mass is 10.3. The van der Waals surface area contributed by atoms with Gasteiger partial charge in [0.2, 0.25) is 0 Å². The lowest BCUT2D eigenvalue weighted by Crippen LogP contribution is -2.14. The monoisotopic (exact) mass is 334 g/mol. The van der Waals surface area contributed by atoms with Crippen LogP contribution in [0.15, 0.2) is 0 Å². The lowest BCUT2D eigenvalue weighted by molar-refractivity contribution is 0.533. The smallest absolute Gasteiger partial charge is 0.513 e. The Kier molecular flexibility index (Phi) is 3.02. The van der Waals surface area contributed by atoms with E-state index in [1.54, 1.807) is 0 Å². The molecule has 8 heteroatoms. The molecule has 0 amide bonds. The van der Waals surface area contributed by atoms with E-state index in [1.165, 1.54) is 0 Å². The van der Waals surface area contributed by atoms with Crippen LogP contribution in [0.2, 0.25) is 20.1 Å². The van der Waals surface area contributed by atoms with Crippen molar-refractivity contribution in [1.82, 2.24) is 0 Å². The molecule has 0 aromatic heterocycles. The standard InChI is InChI=1S/C6BBrCl4O2/c8-7-13-5-3(11)1(9)2(10)4(12)6(5)14-7. The van der Waals surface area contributed by atoms with E-state index < -0.39 is 5.94 Å². The fourth-order valence-electron chi connectivity index (χ4n) is 1.01. The van der Waals surface area contributed by atoms with Gasteiger partial charge in [0.1, 0.15) is 10.0 Å². The summed E-state index contributed by atoms with van der Waals surface area (Å²) in [5.41, 5.74) is 0. The van der Waals surface area contributed by atoms with Gasteiger partial charge in [-0.3, -0.25) is 0 Å². The van der Waals surface area contributed by atoms with Gasteiger partial charge in [-0.05, 0) is 15.8 Å². The van der Waals surface area contributed by atoms with Crippen LogP contribution < -0.4 is 9.31 Å². The first-order valence-corrected chi connectivity index (χ1v) is 5.78. The van der Waals surface area contributed by atoms with Gasteiger partial charge in [-0.25, -0.2) is 0 Å². The van der Waals surface area contributed by atoms with Crippen molar-refractivity contribution in [2.45, 2.75) is 0 Å². The number of rotatable bonds is 0. The molecule has 1 aromatic carbocycles. The third-order valence-corrected chi connectivity index (χ3v) is 3.75. The zero-order chi connectivity index (χ0) is 10.5. The van der Waals surface area contributed by atoms with Crippen molar-refractivity contribution >= 4 is 68.1 Å². The number of hydrogen-bond donors (Lipinski definition) is 0. The predicted octanol–water partition coefficient (Wildman–Crippen LogP) is 4.45. The van der Waals surface area contributed by atoms with Crippen molar-refractivity contribution in [3.05, 3.63) is 20.1 Å². The molecular formula is C6BBrCl4O2. The van der Waals surface area contributed by atoms with Crippen LogP contribution in [0, 0.1) is 0 Å². The molecule has 0 fully saturated rings. The second-order valence-electron chi connectivity index (χ2n) is 2.42. The highest BCUT2D eigenvalue weighted by Crippen LogP contribution is 2.53. The van der Waals surface area contributed by atoms with E-state index in [9.17, 15) is 0 Å². The summed E-state index contributed by atoms with van der Waals surface area (Å²) in [6, 6.07) is 0. The summed E-state index contributed by atoms with van der Waals surface area (Å²) in [6.45, 7) is 0. The fraction of sp³-hybridized carbons (Fsp3) is 0. The highest BCUT2D eigenvalue weighted by Gasteiger charge is 2.35. The molecule has 14 heavy (non-hydrogen) atoms. The van der Waals surface area contributed by atoms with Gasteiger partial charge in [0.25, 0.3) is 0 Å². The number of fused-ring (bicyclic) bond motifs is 1. The summed E-state index contributed by atoms with van der Waals surface area (Å²) < 4.78 is 10.4. The minimum absolute atomic E-state index is 0.155. The summed E-state index contributed by atoms with van der Waals surface area (Å²) in [5.74, 6) is -0.0251. The zero-order valence-corrected chi connectivity index (χ0v) is 10.9. The minimum Gasteiger partial charge on any atom is -0.513 e. The summed E-state index contributed by atoms with van der Waals surface area (Å²) in [6.07, 6.45) is 0. The van der Waals surface area contributed by atoms with E-state index in [0.717, 1.165) is 0 Å². The van der Waals surface area contributed by atoms with Crippen molar-refractivity contribution in [3.8, 4) is 11.5 Å². The lowest BCUT2D eigenvalue weighted by Gasteiger charge is -2.06. The van der Waals surface area contributed by atoms with Crippen LogP contribution in [0.25, 0.3) is 0 Å². The second-order valence-corrected chi connectivity index (χ2v) is 4.68. The van der Waals surface area contributed by atoms with Gasteiger partial charge in [-0.15, -0.1) is 0 Å². The Labute approximate surface area is 108 Å². The molecule has 1 aliphatic rings. The van der Waals surface area contributed by atoms with Crippen LogP contribution in [0.1, 0.15) is 0 Å². The van der Waals surface area contributed by atoms with Crippen LogP contribution in [0.3, 0.4) is 0 Å². The van der Waals surface area contributed by atoms with E-state index in [2.05, 4.69) is 15.8 Å². The average Bonchev–Trinajstić information content (AvgIpc) is 2.54. The maximum absolute atomic E-state index is 5.88. The molecular weight excluding hydrogens is 337 g/mol. The molecule has 0 saturated carbocycles. The Morgan fingerprint density at radius 2 is 1.14 bits per heavy atom. The molecule has 2 rings (SSSR count). The molecule has 1 aromatic rings. The largest absolute Gasteiger partial charge is 0.678 e. The van der Waals surface area contributed by atoms with Gasteiger partial charge in [0, 0.05) is 0 Å².